The first-order chi connectivity index (χ1) is 12.2. The van der Waals surface area contributed by atoms with Gasteiger partial charge < -0.3 is 14.8 Å². The van der Waals surface area contributed by atoms with Crippen LogP contribution in [0, 0.1) is 0 Å². The van der Waals surface area contributed by atoms with Gasteiger partial charge in [0.1, 0.15) is 17.2 Å². The summed E-state index contributed by atoms with van der Waals surface area (Å²) in [6, 6.07) is 15.1. The second kappa shape index (κ2) is 7.81. The zero-order chi connectivity index (χ0) is 17.6. The summed E-state index contributed by atoms with van der Waals surface area (Å²) >= 11 is 1.47. The number of methoxy groups -OCH3 is 2. The Hall–Kier alpha value is -2.86. The Labute approximate surface area is 150 Å². The molecule has 3 rings (SSSR count). The summed E-state index contributed by atoms with van der Waals surface area (Å²) in [6.45, 7) is 0. The van der Waals surface area contributed by atoms with Crippen LogP contribution in [0.4, 0.5) is 5.69 Å². The van der Waals surface area contributed by atoms with Crippen molar-refractivity contribution >= 4 is 22.9 Å². The highest BCUT2D eigenvalue weighted by Crippen LogP contribution is 2.20. The third-order valence-corrected chi connectivity index (χ3v) is 4.48. The van der Waals surface area contributed by atoms with Gasteiger partial charge in [-0.1, -0.05) is 18.2 Å². The van der Waals surface area contributed by atoms with E-state index in [0.717, 1.165) is 16.3 Å². The van der Waals surface area contributed by atoms with E-state index in [0.29, 0.717) is 23.6 Å². The minimum absolute atomic E-state index is 0.231. The third kappa shape index (κ3) is 4.36. The molecule has 0 unspecified atom stereocenters. The molecule has 3 aromatic rings. The summed E-state index contributed by atoms with van der Waals surface area (Å²) in [6.07, 6.45) is 0.682. The number of aromatic nitrogens is 1. The highest BCUT2D eigenvalue weighted by molar-refractivity contribution is 7.09. The van der Waals surface area contributed by atoms with Gasteiger partial charge in [-0.05, 0) is 29.8 Å². The number of amides is 1. The van der Waals surface area contributed by atoms with E-state index in [1.807, 2.05) is 42.5 Å². The summed E-state index contributed by atoms with van der Waals surface area (Å²) in [5, 5.41) is 5.50. The van der Waals surface area contributed by atoms with Gasteiger partial charge >= 0.3 is 0 Å². The van der Waals surface area contributed by atoms with Crippen molar-refractivity contribution < 1.29 is 14.3 Å². The monoisotopic (exact) mass is 354 g/mol. The zero-order valence-corrected chi connectivity index (χ0v) is 14.8. The molecule has 0 saturated carbocycles. The van der Waals surface area contributed by atoms with E-state index in [1.165, 1.54) is 11.3 Å². The Kier molecular flexibility index (Phi) is 5.30. The smallest absolute Gasteiger partial charge is 0.275 e. The number of carbonyl (C=O) groups is 1. The number of carbonyl (C=O) groups excluding carboxylic acids is 1. The fraction of sp³-hybridized carbons (Fsp3) is 0.158. The second-order valence-electron chi connectivity index (χ2n) is 5.34. The normalized spacial score (nSPS) is 10.3. The molecule has 1 N–H and O–H groups in total. The van der Waals surface area contributed by atoms with Crippen molar-refractivity contribution in [1.82, 2.24) is 4.98 Å². The number of rotatable bonds is 6. The lowest BCUT2D eigenvalue weighted by molar-refractivity contribution is 0.102. The number of thiazole rings is 1. The van der Waals surface area contributed by atoms with E-state index in [9.17, 15) is 4.79 Å². The van der Waals surface area contributed by atoms with E-state index in [1.54, 1.807) is 25.7 Å². The van der Waals surface area contributed by atoms with Crippen molar-refractivity contribution in [3.8, 4) is 11.5 Å². The maximum Gasteiger partial charge on any atom is 0.275 e. The molecule has 0 radical (unpaired) electrons. The summed E-state index contributed by atoms with van der Waals surface area (Å²) in [4.78, 5) is 16.8. The van der Waals surface area contributed by atoms with Gasteiger partial charge in [0, 0.05) is 23.6 Å². The maximum absolute atomic E-state index is 12.3. The molecule has 0 fully saturated rings. The van der Waals surface area contributed by atoms with Crippen LogP contribution >= 0.6 is 11.3 Å². The quantitative estimate of drug-likeness (QED) is 0.727. The Balaban J connectivity index is 1.66. The first kappa shape index (κ1) is 17.0. The van der Waals surface area contributed by atoms with Gasteiger partial charge in [0.15, 0.2) is 0 Å². The highest BCUT2D eigenvalue weighted by Gasteiger charge is 2.12. The minimum atomic E-state index is -0.231. The number of hydrogen-bond donors (Lipinski definition) is 1. The molecule has 0 aliphatic heterocycles. The molecule has 1 amide bonds. The largest absolute Gasteiger partial charge is 0.497 e. The first-order valence-electron chi connectivity index (χ1n) is 7.70. The van der Waals surface area contributed by atoms with Crippen molar-refractivity contribution in [1.29, 1.82) is 0 Å². The molecule has 5 nitrogen and oxygen atoms in total. The molecule has 0 aliphatic rings. The minimum Gasteiger partial charge on any atom is -0.497 e. The average molecular weight is 354 g/mol. The second-order valence-corrected chi connectivity index (χ2v) is 6.28. The SMILES string of the molecule is COc1ccc(Cc2nc(C(=O)Nc3cccc(OC)c3)cs2)cc1. The molecule has 1 heterocycles. The summed E-state index contributed by atoms with van der Waals surface area (Å²) in [5.74, 6) is 1.28. The molecular weight excluding hydrogens is 336 g/mol. The lowest BCUT2D eigenvalue weighted by atomic mass is 10.1. The van der Waals surface area contributed by atoms with E-state index >= 15 is 0 Å². The maximum atomic E-state index is 12.3. The van der Waals surface area contributed by atoms with Gasteiger partial charge in [-0.15, -0.1) is 11.3 Å². The number of ether oxygens (including phenoxy) is 2. The number of nitrogens with one attached hydrogen (secondary N) is 1. The Bertz CT molecular complexity index is 859. The number of nitrogens with zero attached hydrogens (tertiary/aromatic N) is 1. The topological polar surface area (TPSA) is 60.5 Å². The molecule has 2 aromatic carbocycles. The number of hydrogen-bond acceptors (Lipinski definition) is 5. The first-order valence-corrected chi connectivity index (χ1v) is 8.58. The molecule has 6 heteroatoms. The fourth-order valence-electron chi connectivity index (χ4n) is 2.31. The molecule has 25 heavy (non-hydrogen) atoms. The molecule has 0 saturated heterocycles. The number of anilines is 1. The Morgan fingerprint density at radius 3 is 2.56 bits per heavy atom. The van der Waals surface area contributed by atoms with Crippen LogP contribution in [0.25, 0.3) is 0 Å². The number of benzene rings is 2. The van der Waals surface area contributed by atoms with Gasteiger partial charge in [-0.25, -0.2) is 4.98 Å². The lowest BCUT2D eigenvalue weighted by Crippen LogP contribution is -2.12. The fourth-order valence-corrected chi connectivity index (χ4v) is 3.12. The molecule has 0 atom stereocenters. The van der Waals surface area contributed by atoms with Crippen LogP contribution in [0.2, 0.25) is 0 Å². The molecule has 0 spiro atoms. The lowest BCUT2D eigenvalue weighted by Gasteiger charge is -2.05. The molecular formula is C19H18N2O3S. The van der Waals surface area contributed by atoms with Gasteiger partial charge in [0.2, 0.25) is 0 Å². The summed E-state index contributed by atoms with van der Waals surface area (Å²) in [5.41, 5.74) is 2.21. The van der Waals surface area contributed by atoms with Crippen LogP contribution in [0.1, 0.15) is 21.1 Å². The van der Waals surface area contributed by atoms with E-state index < -0.39 is 0 Å². The van der Waals surface area contributed by atoms with Crippen molar-refractivity contribution in [3.63, 3.8) is 0 Å². The van der Waals surface area contributed by atoms with Crippen molar-refractivity contribution in [3.05, 3.63) is 70.2 Å². The van der Waals surface area contributed by atoms with Crippen LogP contribution in [-0.2, 0) is 6.42 Å². The van der Waals surface area contributed by atoms with Crippen LogP contribution in [0.5, 0.6) is 11.5 Å². The zero-order valence-electron chi connectivity index (χ0n) is 14.0. The van der Waals surface area contributed by atoms with Crippen LogP contribution in [0.15, 0.2) is 53.9 Å². The summed E-state index contributed by atoms with van der Waals surface area (Å²) < 4.78 is 10.3. The highest BCUT2D eigenvalue weighted by atomic mass is 32.1. The van der Waals surface area contributed by atoms with Gasteiger partial charge in [0.25, 0.3) is 5.91 Å². The average Bonchev–Trinajstić information content (AvgIpc) is 3.11. The Morgan fingerprint density at radius 2 is 1.84 bits per heavy atom. The van der Waals surface area contributed by atoms with Gasteiger partial charge in [-0.3, -0.25) is 4.79 Å². The van der Waals surface area contributed by atoms with Gasteiger partial charge in [0.05, 0.1) is 19.2 Å². The van der Waals surface area contributed by atoms with Crippen molar-refractivity contribution in [2.24, 2.45) is 0 Å². The predicted molar refractivity (Wildman–Crippen MR) is 98.9 cm³/mol. The van der Waals surface area contributed by atoms with Gasteiger partial charge in [-0.2, -0.15) is 0 Å². The van der Waals surface area contributed by atoms with Crippen LogP contribution in [-0.4, -0.2) is 25.1 Å². The predicted octanol–water partition coefficient (Wildman–Crippen LogP) is 4.00. The van der Waals surface area contributed by atoms with E-state index in [4.69, 9.17) is 9.47 Å². The molecule has 128 valence electrons. The van der Waals surface area contributed by atoms with Crippen molar-refractivity contribution in [2.45, 2.75) is 6.42 Å². The molecule has 1 aromatic heterocycles. The van der Waals surface area contributed by atoms with E-state index in [2.05, 4.69) is 10.3 Å². The standard InChI is InChI=1S/C19H18N2O3S/c1-23-15-8-6-13(7-9-15)10-18-21-17(12-25-18)19(22)20-14-4-3-5-16(11-14)24-2/h3-9,11-12H,10H2,1-2H3,(H,20,22). The molecule has 0 aliphatic carbocycles. The van der Waals surface area contributed by atoms with Crippen molar-refractivity contribution in [2.75, 3.05) is 19.5 Å². The van der Waals surface area contributed by atoms with Crippen LogP contribution in [0.3, 0.4) is 0 Å². The Morgan fingerprint density at radius 1 is 1.08 bits per heavy atom. The third-order valence-electron chi connectivity index (χ3n) is 3.63. The summed E-state index contributed by atoms with van der Waals surface area (Å²) in [7, 11) is 3.23. The van der Waals surface area contributed by atoms with E-state index in [-0.39, 0.29) is 5.91 Å². The molecule has 0 bridgehead atoms. The van der Waals surface area contributed by atoms with Crippen LogP contribution < -0.4 is 14.8 Å².